The van der Waals surface area contributed by atoms with Crippen molar-refractivity contribution in [2.45, 2.75) is 38.5 Å². The number of esters is 1. The summed E-state index contributed by atoms with van der Waals surface area (Å²) >= 11 is 1.31. The Balaban J connectivity index is 4.06. The van der Waals surface area contributed by atoms with Gasteiger partial charge in [-0.05, 0) is 6.92 Å². The predicted molar refractivity (Wildman–Crippen MR) is 68.4 cm³/mol. The second-order valence-electron chi connectivity index (χ2n) is 3.74. The molecule has 1 amide bonds. The number of carbonyl (C=O) groups is 3. The molecule has 0 fully saturated rings. The first kappa shape index (κ1) is 16.8. The number of carboxylic acids is 1. The third-order valence-electron chi connectivity index (χ3n) is 1.98. The van der Waals surface area contributed by atoms with E-state index in [0.29, 0.717) is 6.61 Å². The minimum absolute atomic E-state index is 0.0559. The molecule has 18 heavy (non-hydrogen) atoms. The van der Waals surface area contributed by atoms with Gasteiger partial charge in [0.05, 0.1) is 13.0 Å². The largest absolute Gasteiger partial charge is 0.480 e. The van der Waals surface area contributed by atoms with Crippen molar-refractivity contribution < 1.29 is 24.2 Å². The van der Waals surface area contributed by atoms with Gasteiger partial charge >= 0.3 is 11.9 Å². The van der Waals surface area contributed by atoms with Crippen LogP contribution in [0.4, 0.5) is 0 Å². The number of carbonyl (C=O) groups excluding carboxylic acids is 2. The zero-order valence-electron chi connectivity index (χ0n) is 10.8. The molecular weight excluding hydrogens is 258 g/mol. The number of nitrogens with one attached hydrogen (secondary N) is 1. The van der Waals surface area contributed by atoms with Gasteiger partial charge in [0.25, 0.3) is 0 Å². The molecule has 2 N–H and O–H groups in total. The average Bonchev–Trinajstić information content (AvgIpc) is 2.23. The molecular formula is C11H19NO5S. The smallest absolute Gasteiger partial charge is 0.327 e. The summed E-state index contributed by atoms with van der Waals surface area (Å²) in [6.07, 6.45) is 0.227. The number of ether oxygens (including phenoxy) is 1. The molecule has 0 aromatic rings. The summed E-state index contributed by atoms with van der Waals surface area (Å²) in [7, 11) is 0. The van der Waals surface area contributed by atoms with Crippen molar-refractivity contribution in [3.8, 4) is 0 Å². The molecule has 0 aliphatic carbocycles. The number of rotatable bonds is 8. The SMILES string of the molecule is CCOC(=O)C[C@H](C)SC[C@@H](NC(C)=O)C(=O)O. The first-order valence-electron chi connectivity index (χ1n) is 5.64. The molecule has 0 radical (unpaired) electrons. The lowest BCUT2D eigenvalue weighted by molar-refractivity contribution is -0.143. The molecule has 0 unspecified atom stereocenters. The second kappa shape index (κ2) is 8.79. The van der Waals surface area contributed by atoms with Crippen molar-refractivity contribution in [1.82, 2.24) is 5.32 Å². The van der Waals surface area contributed by atoms with Crippen molar-refractivity contribution in [1.29, 1.82) is 0 Å². The van der Waals surface area contributed by atoms with Crippen LogP contribution in [0.25, 0.3) is 0 Å². The highest BCUT2D eigenvalue weighted by atomic mass is 32.2. The summed E-state index contributed by atoms with van der Waals surface area (Å²) in [6.45, 7) is 5.14. The molecule has 0 aromatic carbocycles. The van der Waals surface area contributed by atoms with E-state index in [9.17, 15) is 14.4 Å². The van der Waals surface area contributed by atoms with Gasteiger partial charge in [0.15, 0.2) is 0 Å². The summed E-state index contributed by atoms with van der Waals surface area (Å²) in [5.74, 6) is -1.55. The molecule has 0 heterocycles. The highest BCUT2D eigenvalue weighted by Gasteiger charge is 2.20. The maximum atomic E-state index is 11.2. The minimum atomic E-state index is -1.08. The van der Waals surface area contributed by atoms with E-state index in [1.54, 1.807) is 6.92 Å². The van der Waals surface area contributed by atoms with Crippen LogP contribution in [0.1, 0.15) is 27.2 Å². The van der Waals surface area contributed by atoms with E-state index >= 15 is 0 Å². The maximum absolute atomic E-state index is 11.2. The molecule has 0 spiro atoms. The van der Waals surface area contributed by atoms with Crippen molar-refractivity contribution in [3.63, 3.8) is 0 Å². The third kappa shape index (κ3) is 7.94. The summed E-state index contributed by atoms with van der Waals surface area (Å²) in [4.78, 5) is 32.8. The van der Waals surface area contributed by atoms with Crippen LogP contribution >= 0.6 is 11.8 Å². The first-order valence-corrected chi connectivity index (χ1v) is 6.68. The normalized spacial score (nSPS) is 13.5. The molecule has 0 rings (SSSR count). The summed E-state index contributed by atoms with van der Waals surface area (Å²) in [5.41, 5.74) is 0. The van der Waals surface area contributed by atoms with Crippen LogP contribution in [0.5, 0.6) is 0 Å². The zero-order chi connectivity index (χ0) is 14.1. The topological polar surface area (TPSA) is 92.7 Å². The van der Waals surface area contributed by atoms with Crippen LogP contribution in [-0.4, -0.2) is 46.6 Å². The van der Waals surface area contributed by atoms with Gasteiger partial charge in [-0.15, -0.1) is 0 Å². The third-order valence-corrected chi connectivity index (χ3v) is 3.24. The molecule has 0 saturated carbocycles. The van der Waals surface area contributed by atoms with Crippen molar-refractivity contribution in [3.05, 3.63) is 0 Å². The maximum Gasteiger partial charge on any atom is 0.327 e. The molecule has 6 nitrogen and oxygen atoms in total. The van der Waals surface area contributed by atoms with Crippen molar-refractivity contribution in [2.75, 3.05) is 12.4 Å². The Bertz CT molecular complexity index is 308. The predicted octanol–water partition coefficient (Wildman–Crippen LogP) is 0.651. The number of hydrogen-bond acceptors (Lipinski definition) is 5. The number of amides is 1. The van der Waals surface area contributed by atoms with E-state index in [-0.39, 0.29) is 29.3 Å². The van der Waals surface area contributed by atoms with Gasteiger partial charge in [-0.1, -0.05) is 6.92 Å². The Morgan fingerprint density at radius 3 is 2.44 bits per heavy atom. The van der Waals surface area contributed by atoms with Gasteiger partial charge in [-0.2, -0.15) is 11.8 Å². The number of hydrogen-bond donors (Lipinski definition) is 2. The van der Waals surface area contributed by atoms with E-state index in [1.165, 1.54) is 18.7 Å². The number of aliphatic carboxylic acids is 1. The minimum Gasteiger partial charge on any atom is -0.480 e. The quantitative estimate of drug-likeness (QED) is 0.633. The molecule has 0 bridgehead atoms. The molecule has 0 aromatic heterocycles. The first-order chi connectivity index (χ1) is 8.36. The lowest BCUT2D eigenvalue weighted by Crippen LogP contribution is -2.41. The number of thioether (sulfide) groups is 1. The monoisotopic (exact) mass is 277 g/mol. The van der Waals surface area contributed by atoms with Gasteiger partial charge < -0.3 is 15.2 Å². The summed E-state index contributed by atoms with van der Waals surface area (Å²) < 4.78 is 4.79. The fourth-order valence-electron chi connectivity index (χ4n) is 1.19. The van der Waals surface area contributed by atoms with Crippen LogP contribution in [0, 0.1) is 0 Å². The molecule has 2 atom stereocenters. The van der Waals surface area contributed by atoms with Gasteiger partial charge in [-0.25, -0.2) is 4.79 Å². The molecule has 0 saturated heterocycles. The summed E-state index contributed by atoms with van der Waals surface area (Å²) in [5, 5.41) is 11.2. The molecule has 0 aliphatic heterocycles. The fraction of sp³-hybridized carbons (Fsp3) is 0.727. The van der Waals surface area contributed by atoms with E-state index in [0.717, 1.165) is 0 Å². The zero-order valence-corrected chi connectivity index (χ0v) is 11.6. The molecule has 104 valence electrons. The molecule has 7 heteroatoms. The van der Waals surface area contributed by atoms with Crippen LogP contribution in [0.3, 0.4) is 0 Å². The lowest BCUT2D eigenvalue weighted by atomic mass is 10.3. The van der Waals surface area contributed by atoms with E-state index < -0.39 is 12.0 Å². The van der Waals surface area contributed by atoms with E-state index in [1.807, 2.05) is 6.92 Å². The Morgan fingerprint density at radius 2 is 2.00 bits per heavy atom. The fourth-order valence-corrected chi connectivity index (χ4v) is 2.19. The van der Waals surface area contributed by atoms with Crippen molar-refractivity contribution >= 4 is 29.6 Å². The average molecular weight is 277 g/mol. The van der Waals surface area contributed by atoms with Crippen LogP contribution in [0.15, 0.2) is 0 Å². The highest BCUT2D eigenvalue weighted by Crippen LogP contribution is 2.16. The van der Waals surface area contributed by atoms with Crippen molar-refractivity contribution in [2.24, 2.45) is 0 Å². The number of carboxylic acid groups (broad SMARTS) is 1. The van der Waals surface area contributed by atoms with Crippen LogP contribution in [0.2, 0.25) is 0 Å². The van der Waals surface area contributed by atoms with E-state index in [2.05, 4.69) is 5.32 Å². The standard InChI is InChI=1S/C11H19NO5S/c1-4-17-10(14)5-7(2)18-6-9(11(15)16)12-8(3)13/h7,9H,4-6H2,1-3H3,(H,12,13)(H,15,16)/t7-,9+/m0/s1. The van der Waals surface area contributed by atoms with Gasteiger partial charge in [0.1, 0.15) is 6.04 Å². The second-order valence-corrected chi connectivity index (χ2v) is 5.22. The van der Waals surface area contributed by atoms with Gasteiger partial charge in [0, 0.05) is 17.9 Å². The Hall–Kier alpha value is -1.24. The lowest BCUT2D eigenvalue weighted by Gasteiger charge is -2.15. The Kier molecular flexibility index (Phi) is 8.19. The summed E-state index contributed by atoms with van der Waals surface area (Å²) in [6, 6.07) is -0.933. The van der Waals surface area contributed by atoms with E-state index in [4.69, 9.17) is 9.84 Å². The van der Waals surface area contributed by atoms with Crippen LogP contribution < -0.4 is 5.32 Å². The van der Waals surface area contributed by atoms with Gasteiger partial charge in [-0.3, -0.25) is 9.59 Å². The Morgan fingerprint density at radius 1 is 1.39 bits per heavy atom. The Labute approximate surface area is 110 Å². The van der Waals surface area contributed by atoms with Crippen LogP contribution in [-0.2, 0) is 19.1 Å². The highest BCUT2D eigenvalue weighted by molar-refractivity contribution is 7.99. The molecule has 0 aliphatic rings. The van der Waals surface area contributed by atoms with Gasteiger partial charge in [0.2, 0.25) is 5.91 Å².